The Morgan fingerprint density at radius 3 is 3.00 bits per heavy atom. The van der Waals surface area contributed by atoms with Gasteiger partial charge in [-0.2, -0.15) is 11.8 Å². The maximum Gasteiger partial charge on any atom is 0.0409 e. The molecule has 0 aromatic heterocycles. The molecule has 1 N–H and O–H groups in total. The zero-order valence-corrected chi connectivity index (χ0v) is 11.9. The highest BCUT2D eigenvalue weighted by Gasteiger charge is 2.29. The Hall–Kier alpha value is -0.220. The van der Waals surface area contributed by atoms with Gasteiger partial charge >= 0.3 is 0 Å². The molecule has 1 fully saturated rings. The fraction of sp³-hybridized carbons (Fsp3) is 0.538. The number of halogens is 1. The molecule has 1 heterocycles. The first kappa shape index (κ1) is 13.2. The maximum atomic E-state index is 6.01. The zero-order chi connectivity index (χ0) is 12.3. The SMILES string of the molecule is CSC1CNCC1N(C)Cc1cccc(Cl)c1. The highest BCUT2D eigenvalue weighted by Crippen LogP contribution is 2.21. The summed E-state index contributed by atoms with van der Waals surface area (Å²) in [7, 11) is 2.20. The molecular weight excluding hydrogens is 252 g/mol. The van der Waals surface area contributed by atoms with Crippen molar-refractivity contribution in [2.45, 2.75) is 17.8 Å². The molecule has 2 rings (SSSR count). The van der Waals surface area contributed by atoms with Crippen molar-refractivity contribution in [1.82, 2.24) is 10.2 Å². The average Bonchev–Trinajstić information content (AvgIpc) is 2.77. The minimum atomic E-state index is 0.615. The van der Waals surface area contributed by atoms with Crippen molar-refractivity contribution < 1.29 is 0 Å². The highest BCUT2D eigenvalue weighted by molar-refractivity contribution is 7.99. The standard InChI is InChI=1S/C13H19ClN2S/c1-16(12-7-15-8-13(12)17-2)9-10-4-3-5-11(14)6-10/h3-6,12-13,15H,7-9H2,1-2H3. The van der Waals surface area contributed by atoms with Crippen LogP contribution in [0.3, 0.4) is 0 Å². The number of rotatable bonds is 4. The number of thioether (sulfide) groups is 1. The number of hydrogen-bond acceptors (Lipinski definition) is 3. The van der Waals surface area contributed by atoms with Gasteiger partial charge in [0.05, 0.1) is 0 Å². The van der Waals surface area contributed by atoms with Gasteiger partial charge in [0.2, 0.25) is 0 Å². The van der Waals surface area contributed by atoms with Crippen LogP contribution in [0.25, 0.3) is 0 Å². The molecule has 0 spiro atoms. The summed E-state index contributed by atoms with van der Waals surface area (Å²) in [6.45, 7) is 3.16. The van der Waals surface area contributed by atoms with Gasteiger partial charge in [-0.25, -0.2) is 0 Å². The van der Waals surface area contributed by atoms with Gasteiger partial charge in [0, 0.05) is 35.9 Å². The molecule has 1 aliphatic heterocycles. The molecule has 0 radical (unpaired) electrons. The molecule has 2 nitrogen and oxygen atoms in total. The van der Waals surface area contributed by atoms with Crippen LogP contribution in [0.5, 0.6) is 0 Å². The van der Waals surface area contributed by atoms with E-state index in [4.69, 9.17) is 11.6 Å². The van der Waals surface area contributed by atoms with Gasteiger partial charge in [0.1, 0.15) is 0 Å². The number of nitrogens with zero attached hydrogens (tertiary/aromatic N) is 1. The zero-order valence-electron chi connectivity index (χ0n) is 10.3. The molecule has 1 aromatic carbocycles. The van der Waals surface area contributed by atoms with E-state index in [1.54, 1.807) is 0 Å². The first-order valence-corrected chi connectivity index (χ1v) is 7.55. The molecule has 17 heavy (non-hydrogen) atoms. The van der Waals surface area contributed by atoms with E-state index < -0.39 is 0 Å². The lowest BCUT2D eigenvalue weighted by Gasteiger charge is -2.28. The predicted molar refractivity (Wildman–Crippen MR) is 76.9 cm³/mol. The summed E-state index contributed by atoms with van der Waals surface area (Å²) in [5, 5.41) is 4.98. The third-order valence-electron chi connectivity index (χ3n) is 3.32. The summed E-state index contributed by atoms with van der Waals surface area (Å²) in [6.07, 6.45) is 2.19. The van der Waals surface area contributed by atoms with E-state index in [1.807, 2.05) is 23.9 Å². The minimum absolute atomic E-state index is 0.615. The lowest BCUT2D eigenvalue weighted by atomic mass is 10.1. The second-order valence-electron chi connectivity index (χ2n) is 4.54. The van der Waals surface area contributed by atoms with Crippen LogP contribution in [-0.2, 0) is 6.54 Å². The van der Waals surface area contributed by atoms with Gasteiger partial charge in [-0.3, -0.25) is 4.90 Å². The summed E-state index contributed by atoms with van der Waals surface area (Å²) < 4.78 is 0. The number of nitrogens with one attached hydrogen (secondary N) is 1. The van der Waals surface area contributed by atoms with E-state index in [1.165, 1.54) is 5.56 Å². The minimum Gasteiger partial charge on any atom is -0.314 e. The molecule has 1 saturated heterocycles. The fourth-order valence-corrected chi connectivity index (χ4v) is 3.48. The van der Waals surface area contributed by atoms with Crippen LogP contribution in [0, 0.1) is 0 Å². The Kier molecular flexibility index (Phi) is 4.74. The molecule has 2 unspecified atom stereocenters. The number of benzene rings is 1. The monoisotopic (exact) mass is 270 g/mol. The molecule has 4 heteroatoms. The van der Waals surface area contributed by atoms with E-state index in [-0.39, 0.29) is 0 Å². The van der Waals surface area contributed by atoms with E-state index in [9.17, 15) is 0 Å². The first-order valence-electron chi connectivity index (χ1n) is 5.89. The quantitative estimate of drug-likeness (QED) is 0.905. The molecule has 2 atom stereocenters. The van der Waals surface area contributed by atoms with Crippen molar-refractivity contribution in [2.24, 2.45) is 0 Å². The lowest BCUT2D eigenvalue weighted by Crippen LogP contribution is -2.38. The Balaban J connectivity index is 1.99. The van der Waals surface area contributed by atoms with Gasteiger partial charge in [0.15, 0.2) is 0 Å². The van der Waals surface area contributed by atoms with Crippen LogP contribution < -0.4 is 5.32 Å². The van der Waals surface area contributed by atoms with Gasteiger partial charge in [0.25, 0.3) is 0 Å². The van der Waals surface area contributed by atoms with Crippen LogP contribution in [-0.4, -0.2) is 42.6 Å². The first-order chi connectivity index (χ1) is 8.20. The van der Waals surface area contributed by atoms with Gasteiger partial charge in [-0.15, -0.1) is 0 Å². The van der Waals surface area contributed by atoms with Gasteiger partial charge in [-0.1, -0.05) is 23.7 Å². The number of hydrogen-bond donors (Lipinski definition) is 1. The molecule has 94 valence electrons. The fourth-order valence-electron chi connectivity index (χ4n) is 2.36. The highest BCUT2D eigenvalue weighted by atomic mass is 35.5. The predicted octanol–water partition coefficient (Wildman–Crippen LogP) is 2.48. The second kappa shape index (κ2) is 6.10. The summed E-state index contributed by atoms with van der Waals surface area (Å²) in [5.74, 6) is 0. The second-order valence-corrected chi connectivity index (χ2v) is 6.06. The van der Waals surface area contributed by atoms with Crippen molar-refractivity contribution in [2.75, 3.05) is 26.4 Å². The smallest absolute Gasteiger partial charge is 0.0409 e. The van der Waals surface area contributed by atoms with Crippen molar-refractivity contribution >= 4 is 23.4 Å². The van der Waals surface area contributed by atoms with Gasteiger partial charge < -0.3 is 5.32 Å². The topological polar surface area (TPSA) is 15.3 Å². The Morgan fingerprint density at radius 1 is 1.47 bits per heavy atom. The summed E-state index contributed by atoms with van der Waals surface area (Å²) in [4.78, 5) is 2.42. The van der Waals surface area contributed by atoms with Crippen LogP contribution in [0.15, 0.2) is 24.3 Å². The van der Waals surface area contributed by atoms with Crippen molar-refractivity contribution in [3.8, 4) is 0 Å². The van der Waals surface area contributed by atoms with Crippen molar-refractivity contribution in [3.63, 3.8) is 0 Å². The molecule has 0 amide bonds. The largest absolute Gasteiger partial charge is 0.314 e. The van der Waals surface area contributed by atoms with E-state index in [0.29, 0.717) is 11.3 Å². The molecular formula is C13H19ClN2S. The molecule has 0 bridgehead atoms. The molecule has 1 aromatic rings. The van der Waals surface area contributed by atoms with Crippen LogP contribution in [0.4, 0.5) is 0 Å². The van der Waals surface area contributed by atoms with Gasteiger partial charge in [-0.05, 0) is 31.0 Å². The van der Waals surface area contributed by atoms with Crippen LogP contribution in [0.1, 0.15) is 5.56 Å². The summed E-state index contributed by atoms with van der Waals surface area (Å²) in [5.41, 5.74) is 1.28. The van der Waals surface area contributed by atoms with E-state index in [0.717, 1.165) is 24.7 Å². The number of likely N-dealkylation sites (N-methyl/N-ethyl adjacent to an activating group) is 1. The van der Waals surface area contributed by atoms with Crippen molar-refractivity contribution in [3.05, 3.63) is 34.9 Å². The van der Waals surface area contributed by atoms with Crippen molar-refractivity contribution in [1.29, 1.82) is 0 Å². The molecule has 0 saturated carbocycles. The average molecular weight is 271 g/mol. The molecule has 0 aliphatic carbocycles. The van der Waals surface area contributed by atoms with Crippen LogP contribution in [0.2, 0.25) is 5.02 Å². The summed E-state index contributed by atoms with van der Waals surface area (Å²) in [6, 6.07) is 8.74. The summed E-state index contributed by atoms with van der Waals surface area (Å²) >= 11 is 7.96. The molecule has 1 aliphatic rings. The van der Waals surface area contributed by atoms with E-state index >= 15 is 0 Å². The lowest BCUT2D eigenvalue weighted by molar-refractivity contribution is 0.253. The third-order valence-corrected chi connectivity index (χ3v) is 4.64. The Labute approximate surface area is 113 Å². The van der Waals surface area contributed by atoms with Crippen LogP contribution >= 0.6 is 23.4 Å². The van der Waals surface area contributed by atoms with E-state index in [2.05, 4.69) is 35.7 Å². The Bertz CT molecular complexity index is 372. The Morgan fingerprint density at radius 2 is 2.29 bits per heavy atom. The maximum absolute atomic E-state index is 6.01. The third kappa shape index (κ3) is 3.38. The normalized spacial score (nSPS) is 24.5.